The average Bonchev–Trinajstić information content (AvgIpc) is 1.61. The summed E-state index contributed by atoms with van der Waals surface area (Å²) in [5.41, 5.74) is 10.1. The van der Waals surface area contributed by atoms with E-state index in [1.807, 2.05) is 0 Å². The molecule has 0 aliphatic carbocycles. The third kappa shape index (κ3) is 5.65. The van der Waals surface area contributed by atoms with Crippen LogP contribution in [0.5, 0.6) is 0 Å². The van der Waals surface area contributed by atoms with Gasteiger partial charge in [-0.3, -0.25) is 0 Å². The van der Waals surface area contributed by atoms with Gasteiger partial charge in [-0.15, -0.1) is 0 Å². The van der Waals surface area contributed by atoms with Gasteiger partial charge in [0, 0.05) is 13.1 Å². The van der Waals surface area contributed by atoms with Crippen molar-refractivity contribution in [2.24, 2.45) is 11.5 Å². The van der Waals surface area contributed by atoms with Crippen molar-refractivity contribution < 1.29 is 0 Å². The number of nitrogens with two attached hydrogens (primary N) is 2. The van der Waals surface area contributed by atoms with Gasteiger partial charge in [-0.05, 0) is 12.2 Å². The first-order valence-corrected chi connectivity index (χ1v) is 2.41. The summed E-state index contributed by atoms with van der Waals surface area (Å²) in [6, 6.07) is 0. The molecule has 0 amide bonds. The molecule has 0 heterocycles. The molecular weight excluding hydrogens is 110 g/mol. The molecule has 0 saturated heterocycles. The summed E-state index contributed by atoms with van der Waals surface area (Å²) in [4.78, 5) is 0. The van der Waals surface area contributed by atoms with Crippen LogP contribution in [0, 0.1) is 0 Å². The molecule has 5 N–H and O–H groups in total. The number of nitrogens with one attached hydrogen (secondary N) is 1. The van der Waals surface area contributed by atoms with E-state index in [1.165, 1.54) is 0 Å². The summed E-state index contributed by atoms with van der Waals surface area (Å²) in [7, 11) is 0. The molecule has 0 saturated carbocycles. The molecular formula is C3H9N3S. The van der Waals surface area contributed by atoms with Crippen molar-refractivity contribution in [2.75, 3.05) is 13.1 Å². The number of thiocarbonyl (C=S) groups is 1. The molecule has 4 heteroatoms. The van der Waals surface area contributed by atoms with Crippen LogP contribution >= 0.6 is 12.2 Å². The highest BCUT2D eigenvalue weighted by Crippen LogP contribution is 1.52. The van der Waals surface area contributed by atoms with E-state index >= 15 is 0 Å². The predicted octanol–water partition coefficient (Wildman–Crippen LogP) is -1.22. The van der Waals surface area contributed by atoms with Gasteiger partial charge in [0.2, 0.25) is 0 Å². The zero-order chi connectivity index (χ0) is 5.70. The third-order valence-electron chi connectivity index (χ3n) is 0.444. The van der Waals surface area contributed by atoms with Crippen LogP contribution in [0.4, 0.5) is 0 Å². The second-order valence-electron chi connectivity index (χ2n) is 1.08. The fourth-order valence-electron chi connectivity index (χ4n) is 0.195. The number of hydrogen-bond acceptors (Lipinski definition) is 2. The highest BCUT2D eigenvalue weighted by atomic mass is 32.1. The van der Waals surface area contributed by atoms with Gasteiger partial charge in [0.1, 0.15) is 0 Å². The highest BCUT2D eigenvalue weighted by molar-refractivity contribution is 7.80. The molecule has 0 aliphatic rings. The Morgan fingerprint density at radius 2 is 2.29 bits per heavy atom. The van der Waals surface area contributed by atoms with E-state index in [0.29, 0.717) is 18.2 Å². The summed E-state index contributed by atoms with van der Waals surface area (Å²) in [5.74, 6) is 0. The lowest BCUT2D eigenvalue weighted by atomic mass is 10.7. The standard InChI is InChI=1S/C3H9N3S/c4-1-2-6-3(5)7/h1-2,4H2,(H3,5,6,7). The summed E-state index contributed by atoms with van der Waals surface area (Å²) >= 11 is 4.47. The Morgan fingerprint density at radius 1 is 1.71 bits per heavy atom. The van der Waals surface area contributed by atoms with Crippen molar-refractivity contribution in [3.63, 3.8) is 0 Å². The molecule has 0 aromatic rings. The van der Waals surface area contributed by atoms with E-state index in [1.54, 1.807) is 0 Å². The Kier molecular flexibility index (Phi) is 3.64. The average molecular weight is 119 g/mol. The largest absolute Gasteiger partial charge is 0.376 e. The van der Waals surface area contributed by atoms with Crippen molar-refractivity contribution in [1.29, 1.82) is 0 Å². The van der Waals surface area contributed by atoms with Crippen molar-refractivity contribution in [3.05, 3.63) is 0 Å². The maximum Gasteiger partial charge on any atom is 0.163 e. The lowest BCUT2D eigenvalue weighted by molar-refractivity contribution is 0.879. The molecule has 0 aliphatic heterocycles. The Balaban J connectivity index is 2.82. The molecule has 0 atom stereocenters. The molecule has 0 spiro atoms. The van der Waals surface area contributed by atoms with Crippen LogP contribution in [-0.2, 0) is 0 Å². The lowest BCUT2D eigenvalue weighted by Crippen LogP contribution is -2.33. The zero-order valence-corrected chi connectivity index (χ0v) is 4.79. The van der Waals surface area contributed by atoms with Crippen LogP contribution in [0.15, 0.2) is 0 Å². The minimum atomic E-state index is 0.311. The van der Waals surface area contributed by atoms with Crippen molar-refractivity contribution in [3.8, 4) is 0 Å². The fourth-order valence-corrected chi connectivity index (χ4v) is 0.297. The maximum absolute atomic E-state index is 5.10. The maximum atomic E-state index is 5.10. The zero-order valence-electron chi connectivity index (χ0n) is 3.98. The lowest BCUT2D eigenvalue weighted by Gasteiger charge is -1.96. The SMILES string of the molecule is NCCNC(N)=S. The molecule has 0 bridgehead atoms. The van der Waals surface area contributed by atoms with Gasteiger partial charge in [0.25, 0.3) is 0 Å². The molecule has 3 nitrogen and oxygen atoms in total. The van der Waals surface area contributed by atoms with E-state index in [4.69, 9.17) is 11.5 Å². The Bertz CT molecular complexity index is 63.2. The molecule has 7 heavy (non-hydrogen) atoms. The van der Waals surface area contributed by atoms with Crippen LogP contribution in [0.25, 0.3) is 0 Å². The second-order valence-corrected chi connectivity index (χ2v) is 1.52. The number of rotatable bonds is 2. The Hall–Kier alpha value is -0.350. The molecule has 0 aromatic heterocycles. The minimum Gasteiger partial charge on any atom is -0.376 e. The van der Waals surface area contributed by atoms with Gasteiger partial charge in [0.05, 0.1) is 0 Å². The van der Waals surface area contributed by atoms with E-state index in [0.717, 1.165) is 0 Å². The summed E-state index contributed by atoms with van der Waals surface area (Å²) in [6.45, 7) is 1.23. The highest BCUT2D eigenvalue weighted by Gasteiger charge is 1.79. The van der Waals surface area contributed by atoms with Crippen LogP contribution in [0.3, 0.4) is 0 Å². The topological polar surface area (TPSA) is 64.1 Å². The van der Waals surface area contributed by atoms with Crippen LogP contribution in [0.2, 0.25) is 0 Å². The Labute approximate surface area is 48.1 Å². The second kappa shape index (κ2) is 3.83. The molecule has 0 unspecified atom stereocenters. The normalized spacial score (nSPS) is 8.14. The van der Waals surface area contributed by atoms with Crippen molar-refractivity contribution in [1.82, 2.24) is 5.32 Å². The van der Waals surface area contributed by atoms with E-state index in [9.17, 15) is 0 Å². The molecule has 0 rings (SSSR count). The predicted molar refractivity (Wildman–Crippen MR) is 33.8 cm³/mol. The van der Waals surface area contributed by atoms with Gasteiger partial charge in [0.15, 0.2) is 5.11 Å². The first-order valence-electron chi connectivity index (χ1n) is 2.00. The van der Waals surface area contributed by atoms with Gasteiger partial charge < -0.3 is 16.8 Å². The quantitative estimate of drug-likeness (QED) is 0.399. The van der Waals surface area contributed by atoms with E-state index < -0.39 is 0 Å². The summed E-state index contributed by atoms with van der Waals surface area (Å²) in [6.07, 6.45) is 0. The first-order chi connectivity index (χ1) is 3.27. The van der Waals surface area contributed by atoms with Gasteiger partial charge in [-0.2, -0.15) is 0 Å². The smallest absolute Gasteiger partial charge is 0.163 e. The first kappa shape index (κ1) is 6.65. The van der Waals surface area contributed by atoms with Gasteiger partial charge in [-0.1, -0.05) is 0 Å². The van der Waals surface area contributed by atoms with Gasteiger partial charge >= 0.3 is 0 Å². The van der Waals surface area contributed by atoms with Crippen molar-refractivity contribution in [2.45, 2.75) is 0 Å². The van der Waals surface area contributed by atoms with Crippen LogP contribution < -0.4 is 16.8 Å². The fraction of sp³-hybridized carbons (Fsp3) is 0.667. The summed E-state index contributed by atoms with van der Waals surface area (Å²) in [5, 5.41) is 2.99. The van der Waals surface area contributed by atoms with E-state index in [-0.39, 0.29) is 0 Å². The number of hydrogen-bond donors (Lipinski definition) is 3. The van der Waals surface area contributed by atoms with Crippen LogP contribution in [0.1, 0.15) is 0 Å². The summed E-state index contributed by atoms with van der Waals surface area (Å²) < 4.78 is 0. The molecule has 0 radical (unpaired) electrons. The van der Waals surface area contributed by atoms with Crippen molar-refractivity contribution >= 4 is 17.3 Å². The third-order valence-corrected chi connectivity index (χ3v) is 0.588. The minimum absolute atomic E-state index is 0.311. The van der Waals surface area contributed by atoms with Crippen LogP contribution in [-0.4, -0.2) is 18.2 Å². The molecule has 42 valence electrons. The van der Waals surface area contributed by atoms with E-state index in [2.05, 4.69) is 17.5 Å². The Morgan fingerprint density at radius 3 is 2.43 bits per heavy atom. The van der Waals surface area contributed by atoms with Gasteiger partial charge in [-0.25, -0.2) is 0 Å². The monoisotopic (exact) mass is 119 g/mol. The molecule has 0 fully saturated rings. The molecule has 0 aromatic carbocycles.